The van der Waals surface area contributed by atoms with E-state index in [-0.39, 0.29) is 17.8 Å². The van der Waals surface area contributed by atoms with Crippen LogP contribution in [0.3, 0.4) is 0 Å². The second-order valence-electron chi connectivity index (χ2n) is 9.32. The minimum Gasteiger partial charge on any atom is -0.465 e. The lowest BCUT2D eigenvalue weighted by Gasteiger charge is -2.31. The maximum absolute atomic E-state index is 12.7. The Morgan fingerprint density at radius 2 is 1.34 bits per heavy atom. The van der Waals surface area contributed by atoms with E-state index in [1.165, 1.54) is 63.4 Å². The average Bonchev–Trinajstić information content (AvgIpc) is 2.84. The molecule has 0 aromatic heterocycles. The summed E-state index contributed by atoms with van der Waals surface area (Å²) in [5, 5.41) is 0. The van der Waals surface area contributed by atoms with Crippen LogP contribution in [0, 0.1) is 5.92 Å². The second-order valence-corrected chi connectivity index (χ2v) is 9.32. The highest BCUT2D eigenvalue weighted by Crippen LogP contribution is 2.21. The van der Waals surface area contributed by atoms with E-state index in [0.29, 0.717) is 32.5 Å². The maximum Gasteiger partial charge on any atom is 0.309 e. The van der Waals surface area contributed by atoms with Crippen LogP contribution >= 0.6 is 0 Å². The molecule has 1 aromatic rings. The number of likely N-dealkylation sites (tertiary alicyclic amines) is 1. The molecule has 1 heterocycles. The molecular formula is C28H45NO3. The molecule has 4 nitrogen and oxygen atoms in total. The molecule has 32 heavy (non-hydrogen) atoms. The van der Waals surface area contributed by atoms with Gasteiger partial charge in [-0.2, -0.15) is 0 Å². The van der Waals surface area contributed by atoms with Crippen LogP contribution in [0.25, 0.3) is 0 Å². The van der Waals surface area contributed by atoms with Crippen molar-refractivity contribution in [3.05, 3.63) is 35.4 Å². The average molecular weight is 444 g/mol. The highest BCUT2D eigenvalue weighted by Gasteiger charge is 2.28. The van der Waals surface area contributed by atoms with E-state index in [1.807, 2.05) is 29.2 Å². The quantitative estimate of drug-likeness (QED) is 0.217. The molecule has 1 fully saturated rings. The number of benzene rings is 1. The van der Waals surface area contributed by atoms with Crippen LogP contribution in [0.1, 0.15) is 113 Å². The zero-order valence-corrected chi connectivity index (χ0v) is 20.6. The molecule has 1 aliphatic rings. The lowest BCUT2D eigenvalue weighted by atomic mass is 9.96. The summed E-state index contributed by atoms with van der Waals surface area (Å²) >= 11 is 0. The molecule has 0 N–H and O–H groups in total. The van der Waals surface area contributed by atoms with Crippen LogP contribution in [0.15, 0.2) is 24.3 Å². The summed E-state index contributed by atoms with van der Waals surface area (Å²) in [6.07, 6.45) is 16.6. The molecule has 0 saturated carbocycles. The Labute approximate surface area is 196 Å². The van der Waals surface area contributed by atoms with Gasteiger partial charge in [0.1, 0.15) is 0 Å². The predicted molar refractivity (Wildman–Crippen MR) is 132 cm³/mol. The third-order valence-electron chi connectivity index (χ3n) is 6.72. The smallest absolute Gasteiger partial charge is 0.309 e. The normalized spacial score (nSPS) is 14.5. The van der Waals surface area contributed by atoms with Crippen LogP contribution < -0.4 is 0 Å². The highest BCUT2D eigenvalue weighted by atomic mass is 16.5. The van der Waals surface area contributed by atoms with Crippen molar-refractivity contribution in [2.24, 2.45) is 5.92 Å². The first kappa shape index (κ1) is 26.4. The van der Waals surface area contributed by atoms with Crippen molar-refractivity contribution in [3.8, 4) is 0 Å². The Bertz CT molecular complexity index is 647. The van der Waals surface area contributed by atoms with Crippen LogP contribution in [0.2, 0.25) is 0 Å². The summed E-state index contributed by atoms with van der Waals surface area (Å²) < 4.78 is 5.53. The van der Waals surface area contributed by atoms with Crippen molar-refractivity contribution in [1.82, 2.24) is 4.90 Å². The molecule has 0 unspecified atom stereocenters. The van der Waals surface area contributed by atoms with Crippen LogP contribution in [0.5, 0.6) is 0 Å². The van der Waals surface area contributed by atoms with Crippen molar-refractivity contribution in [2.75, 3.05) is 19.7 Å². The van der Waals surface area contributed by atoms with Crippen molar-refractivity contribution in [3.63, 3.8) is 0 Å². The first-order chi connectivity index (χ1) is 15.7. The van der Waals surface area contributed by atoms with Gasteiger partial charge in [0.15, 0.2) is 0 Å². The van der Waals surface area contributed by atoms with Crippen LogP contribution in [0.4, 0.5) is 0 Å². The van der Waals surface area contributed by atoms with Gasteiger partial charge in [0.05, 0.1) is 12.5 Å². The zero-order chi connectivity index (χ0) is 23.0. The molecule has 2 rings (SSSR count). The summed E-state index contributed by atoms with van der Waals surface area (Å²) in [5.41, 5.74) is 1.97. The Morgan fingerprint density at radius 1 is 0.812 bits per heavy atom. The number of unbranched alkanes of at least 4 members (excludes halogenated alkanes) is 10. The minimum atomic E-state index is -0.0727. The number of hydrogen-bond donors (Lipinski definition) is 0. The monoisotopic (exact) mass is 443 g/mol. The summed E-state index contributed by atoms with van der Waals surface area (Å²) in [4.78, 5) is 26.9. The summed E-state index contributed by atoms with van der Waals surface area (Å²) in [6.45, 7) is 6.17. The molecular weight excluding hydrogens is 398 g/mol. The fourth-order valence-electron chi connectivity index (χ4n) is 4.44. The van der Waals surface area contributed by atoms with Gasteiger partial charge in [-0.1, -0.05) is 90.2 Å². The Balaban J connectivity index is 1.50. The van der Waals surface area contributed by atoms with E-state index >= 15 is 0 Å². The molecule has 0 aliphatic carbocycles. The SMILES string of the molecule is CCCCCCCCCCCCCOC(=O)C1CCN(C(=O)c2ccc(CC)cc2)CC1. The van der Waals surface area contributed by atoms with Crippen molar-refractivity contribution >= 4 is 11.9 Å². The summed E-state index contributed by atoms with van der Waals surface area (Å²) in [5.74, 6) is -0.0638. The van der Waals surface area contributed by atoms with Gasteiger partial charge in [0.2, 0.25) is 0 Å². The van der Waals surface area contributed by atoms with Gasteiger partial charge in [0, 0.05) is 18.7 Å². The van der Waals surface area contributed by atoms with E-state index in [2.05, 4.69) is 13.8 Å². The largest absolute Gasteiger partial charge is 0.465 e. The molecule has 1 amide bonds. The molecule has 0 radical (unpaired) electrons. The first-order valence-electron chi connectivity index (χ1n) is 13.2. The topological polar surface area (TPSA) is 46.6 Å². The molecule has 180 valence electrons. The summed E-state index contributed by atoms with van der Waals surface area (Å²) in [7, 11) is 0. The third kappa shape index (κ3) is 9.75. The lowest BCUT2D eigenvalue weighted by molar-refractivity contribution is -0.150. The lowest BCUT2D eigenvalue weighted by Crippen LogP contribution is -2.40. The fourth-order valence-corrected chi connectivity index (χ4v) is 4.44. The molecule has 1 aromatic carbocycles. The highest BCUT2D eigenvalue weighted by molar-refractivity contribution is 5.94. The van der Waals surface area contributed by atoms with Gasteiger partial charge < -0.3 is 9.64 Å². The van der Waals surface area contributed by atoms with E-state index < -0.39 is 0 Å². The van der Waals surface area contributed by atoms with Crippen LogP contribution in [-0.4, -0.2) is 36.5 Å². The molecule has 0 spiro atoms. The van der Waals surface area contributed by atoms with E-state index in [0.717, 1.165) is 24.8 Å². The van der Waals surface area contributed by atoms with Gasteiger partial charge in [-0.25, -0.2) is 0 Å². The number of carbonyl (C=O) groups excluding carboxylic acids is 2. The minimum absolute atomic E-state index is 0.0609. The second kappa shape index (κ2) is 15.9. The van der Waals surface area contributed by atoms with E-state index in [4.69, 9.17) is 4.74 Å². The molecule has 0 atom stereocenters. The number of nitrogens with zero attached hydrogens (tertiary/aromatic N) is 1. The predicted octanol–water partition coefficient (Wildman–Crippen LogP) is 6.96. The Morgan fingerprint density at radius 3 is 1.88 bits per heavy atom. The number of ether oxygens (including phenoxy) is 1. The molecule has 0 bridgehead atoms. The van der Waals surface area contributed by atoms with Gasteiger partial charge in [-0.15, -0.1) is 0 Å². The molecule has 1 saturated heterocycles. The zero-order valence-electron chi connectivity index (χ0n) is 20.6. The van der Waals surface area contributed by atoms with E-state index in [1.54, 1.807) is 0 Å². The van der Waals surface area contributed by atoms with E-state index in [9.17, 15) is 9.59 Å². The number of carbonyl (C=O) groups is 2. The number of hydrogen-bond acceptors (Lipinski definition) is 3. The van der Waals surface area contributed by atoms with Crippen molar-refractivity contribution in [1.29, 1.82) is 0 Å². The van der Waals surface area contributed by atoms with Gasteiger partial charge in [-0.05, 0) is 43.4 Å². The number of aryl methyl sites for hydroxylation is 1. The number of rotatable bonds is 15. The van der Waals surface area contributed by atoms with Crippen molar-refractivity contribution < 1.29 is 14.3 Å². The van der Waals surface area contributed by atoms with Gasteiger partial charge in [0.25, 0.3) is 5.91 Å². The molecule has 1 aliphatic heterocycles. The van der Waals surface area contributed by atoms with Gasteiger partial charge in [-0.3, -0.25) is 9.59 Å². The Hall–Kier alpha value is -1.84. The first-order valence-corrected chi connectivity index (χ1v) is 13.2. The van der Waals surface area contributed by atoms with Gasteiger partial charge >= 0.3 is 5.97 Å². The van der Waals surface area contributed by atoms with Crippen molar-refractivity contribution in [2.45, 2.75) is 104 Å². The maximum atomic E-state index is 12.7. The molecule has 4 heteroatoms. The fraction of sp³-hybridized carbons (Fsp3) is 0.714. The Kier molecular flexibility index (Phi) is 13.1. The number of piperidine rings is 1. The standard InChI is InChI=1S/C28H45NO3/c1-3-5-6-7-8-9-10-11-12-13-14-23-32-28(31)26-19-21-29(22-20-26)27(30)25-17-15-24(4-2)16-18-25/h15-18,26H,3-14,19-23H2,1-2H3. The third-order valence-corrected chi connectivity index (χ3v) is 6.72. The number of amides is 1. The van der Waals surface area contributed by atoms with Crippen LogP contribution in [-0.2, 0) is 16.0 Å². The number of esters is 1. The summed E-state index contributed by atoms with van der Waals surface area (Å²) in [6, 6.07) is 7.86.